The van der Waals surface area contributed by atoms with Crippen molar-refractivity contribution in [3.05, 3.63) is 64.2 Å². The average Bonchev–Trinajstić information content (AvgIpc) is 3.37. The molecule has 2 aromatic rings. The molecule has 2 aliphatic rings. The van der Waals surface area contributed by atoms with E-state index in [0.717, 1.165) is 35.6 Å². The monoisotopic (exact) mass is 489 g/mol. The fourth-order valence-electron chi connectivity index (χ4n) is 4.70. The number of halogens is 1. The van der Waals surface area contributed by atoms with Gasteiger partial charge in [0.15, 0.2) is 0 Å². The van der Waals surface area contributed by atoms with Crippen LogP contribution in [0.4, 0.5) is 0 Å². The average molecular weight is 490 g/mol. The van der Waals surface area contributed by atoms with E-state index in [9.17, 15) is 10.2 Å². The molecule has 2 heterocycles. The number of aliphatic hydroxyl groups is 2. The van der Waals surface area contributed by atoms with Crippen LogP contribution in [-0.2, 0) is 15.9 Å². The zero-order valence-corrected chi connectivity index (χ0v) is 20.5. The van der Waals surface area contributed by atoms with E-state index in [0.29, 0.717) is 37.5 Å². The van der Waals surface area contributed by atoms with Crippen LogP contribution in [0.5, 0.6) is 5.75 Å². The van der Waals surface area contributed by atoms with E-state index in [1.165, 1.54) is 25.9 Å². The Morgan fingerprint density at radius 3 is 2.56 bits per heavy atom. The van der Waals surface area contributed by atoms with Crippen LogP contribution in [0.1, 0.15) is 48.5 Å². The smallest absolute Gasteiger partial charge is 0.119 e. The predicted molar refractivity (Wildman–Crippen MR) is 133 cm³/mol. The lowest BCUT2D eigenvalue weighted by molar-refractivity contribution is -0.113. The third kappa shape index (κ3) is 7.41. The lowest BCUT2D eigenvalue weighted by Crippen LogP contribution is -2.33. The topological polar surface area (TPSA) is 71.4 Å². The molecule has 0 saturated carbocycles. The van der Waals surface area contributed by atoms with Gasteiger partial charge in [-0.25, -0.2) is 0 Å². The first-order chi connectivity index (χ1) is 16.6. The molecule has 0 radical (unpaired) electrons. The Labute approximate surface area is 207 Å². The Hall–Kier alpha value is -1.67. The lowest BCUT2D eigenvalue weighted by Gasteiger charge is -2.32. The van der Waals surface area contributed by atoms with Gasteiger partial charge in [-0.2, -0.15) is 0 Å². The van der Waals surface area contributed by atoms with E-state index in [-0.39, 0.29) is 18.8 Å². The molecule has 4 rings (SSSR count). The number of rotatable bonds is 11. The second-order valence-electron chi connectivity index (χ2n) is 9.24. The van der Waals surface area contributed by atoms with Crippen molar-refractivity contribution in [1.82, 2.24) is 4.90 Å². The van der Waals surface area contributed by atoms with Gasteiger partial charge in [0.05, 0.1) is 38.1 Å². The summed E-state index contributed by atoms with van der Waals surface area (Å²) in [6.07, 6.45) is 3.23. The summed E-state index contributed by atoms with van der Waals surface area (Å²) >= 11 is 6.48. The van der Waals surface area contributed by atoms with E-state index >= 15 is 0 Å². The van der Waals surface area contributed by atoms with Gasteiger partial charge >= 0.3 is 0 Å². The second-order valence-corrected chi connectivity index (χ2v) is 9.64. The maximum atomic E-state index is 10.1. The van der Waals surface area contributed by atoms with Gasteiger partial charge in [-0.15, -0.1) is 0 Å². The van der Waals surface area contributed by atoms with Crippen molar-refractivity contribution in [3.8, 4) is 5.75 Å². The van der Waals surface area contributed by atoms with E-state index < -0.39 is 6.10 Å². The highest BCUT2D eigenvalue weighted by Crippen LogP contribution is 2.33. The van der Waals surface area contributed by atoms with Crippen LogP contribution in [0, 0.1) is 0 Å². The van der Waals surface area contributed by atoms with Gasteiger partial charge in [-0.1, -0.05) is 35.9 Å². The molecule has 186 valence electrons. The number of aliphatic hydroxyl groups excluding tert-OH is 2. The van der Waals surface area contributed by atoms with Crippen molar-refractivity contribution >= 4 is 11.6 Å². The summed E-state index contributed by atoms with van der Waals surface area (Å²) in [5, 5.41) is 20.3. The molecule has 2 aliphatic heterocycles. The first-order valence-electron chi connectivity index (χ1n) is 12.4. The van der Waals surface area contributed by atoms with Gasteiger partial charge in [0.1, 0.15) is 12.4 Å². The summed E-state index contributed by atoms with van der Waals surface area (Å²) in [4.78, 5) is 2.44. The van der Waals surface area contributed by atoms with E-state index in [1.54, 1.807) is 0 Å². The molecule has 2 N–H and O–H groups in total. The van der Waals surface area contributed by atoms with E-state index in [1.807, 2.05) is 30.3 Å². The Balaban J connectivity index is 1.25. The standard InChI is InChI=1S/C27H36ClNO5/c28-26-8-5-21(27-18-23(31)17-25(19-30)34-27)16-22(26)15-20-3-6-24(7-4-20)33-14-13-32-12-11-29-9-1-2-10-29/h3-8,16,23,25,27,30-31H,1-2,9-15,17-19H2/t23?,25-,27+/m0/s1. The van der Waals surface area contributed by atoms with Crippen molar-refractivity contribution in [2.45, 2.75) is 50.4 Å². The van der Waals surface area contributed by atoms with Gasteiger partial charge < -0.3 is 29.3 Å². The van der Waals surface area contributed by atoms with Crippen molar-refractivity contribution in [3.63, 3.8) is 0 Å². The predicted octanol–water partition coefficient (Wildman–Crippen LogP) is 4.00. The maximum Gasteiger partial charge on any atom is 0.119 e. The molecule has 7 heteroatoms. The summed E-state index contributed by atoms with van der Waals surface area (Å²) < 4.78 is 17.5. The molecule has 3 atom stereocenters. The number of benzene rings is 2. The third-order valence-electron chi connectivity index (χ3n) is 6.59. The molecule has 0 amide bonds. The summed E-state index contributed by atoms with van der Waals surface area (Å²) in [6.45, 7) is 5.20. The van der Waals surface area contributed by atoms with Gasteiger partial charge in [0.2, 0.25) is 0 Å². The lowest BCUT2D eigenvalue weighted by atomic mass is 9.94. The van der Waals surface area contributed by atoms with Crippen molar-refractivity contribution in [1.29, 1.82) is 0 Å². The zero-order valence-electron chi connectivity index (χ0n) is 19.7. The molecule has 1 unspecified atom stereocenters. The maximum absolute atomic E-state index is 10.1. The Bertz CT molecular complexity index is 887. The fraction of sp³-hybridized carbons (Fsp3) is 0.556. The highest BCUT2D eigenvalue weighted by atomic mass is 35.5. The van der Waals surface area contributed by atoms with Crippen molar-refractivity contribution in [2.24, 2.45) is 0 Å². The highest BCUT2D eigenvalue weighted by molar-refractivity contribution is 6.31. The molecule has 34 heavy (non-hydrogen) atoms. The molecule has 0 aliphatic carbocycles. The zero-order chi connectivity index (χ0) is 23.8. The third-order valence-corrected chi connectivity index (χ3v) is 6.96. The molecular formula is C27H36ClNO5. The van der Waals surface area contributed by atoms with Crippen LogP contribution in [0.15, 0.2) is 42.5 Å². The van der Waals surface area contributed by atoms with Gasteiger partial charge in [0, 0.05) is 24.4 Å². The molecule has 0 bridgehead atoms. The second kappa shape index (κ2) is 12.9. The quantitative estimate of drug-likeness (QED) is 0.465. The van der Waals surface area contributed by atoms with Crippen LogP contribution in [0.3, 0.4) is 0 Å². The van der Waals surface area contributed by atoms with Gasteiger partial charge in [0.25, 0.3) is 0 Å². The molecule has 2 aromatic carbocycles. The number of hydrogen-bond acceptors (Lipinski definition) is 6. The van der Waals surface area contributed by atoms with Crippen LogP contribution in [0.2, 0.25) is 5.02 Å². The normalized spacial score (nSPS) is 23.3. The minimum absolute atomic E-state index is 0.0901. The largest absolute Gasteiger partial charge is 0.491 e. The van der Waals surface area contributed by atoms with Crippen LogP contribution < -0.4 is 4.74 Å². The van der Waals surface area contributed by atoms with E-state index in [2.05, 4.69) is 17.0 Å². The van der Waals surface area contributed by atoms with Crippen LogP contribution in [-0.4, -0.2) is 73.4 Å². The van der Waals surface area contributed by atoms with Gasteiger partial charge in [-0.05, 0) is 67.2 Å². The first-order valence-corrected chi connectivity index (χ1v) is 12.7. The van der Waals surface area contributed by atoms with Crippen LogP contribution in [0.25, 0.3) is 0 Å². The molecule has 2 saturated heterocycles. The molecule has 0 aromatic heterocycles. The van der Waals surface area contributed by atoms with Crippen LogP contribution >= 0.6 is 11.6 Å². The Kier molecular flexibility index (Phi) is 9.62. The molecule has 0 spiro atoms. The highest BCUT2D eigenvalue weighted by Gasteiger charge is 2.29. The SMILES string of the molecule is OC[C@@H]1CC(O)C[C@H](c2ccc(Cl)c(Cc3ccc(OCCOCCN4CCCC4)cc3)c2)O1. The Morgan fingerprint density at radius 2 is 1.79 bits per heavy atom. The number of nitrogens with zero attached hydrogens (tertiary/aromatic N) is 1. The van der Waals surface area contributed by atoms with Crippen molar-refractivity contribution in [2.75, 3.05) is 46.1 Å². The minimum Gasteiger partial charge on any atom is -0.491 e. The summed E-state index contributed by atoms with van der Waals surface area (Å²) in [6, 6.07) is 13.9. The fourth-order valence-corrected chi connectivity index (χ4v) is 4.88. The van der Waals surface area contributed by atoms with Gasteiger partial charge in [-0.3, -0.25) is 0 Å². The molecular weight excluding hydrogens is 454 g/mol. The number of likely N-dealkylation sites (tertiary alicyclic amines) is 1. The first kappa shape index (κ1) is 25.4. The number of hydrogen-bond donors (Lipinski definition) is 2. The summed E-state index contributed by atoms with van der Waals surface area (Å²) in [7, 11) is 0. The summed E-state index contributed by atoms with van der Waals surface area (Å²) in [5.74, 6) is 0.825. The molecule has 2 fully saturated rings. The van der Waals surface area contributed by atoms with Crippen molar-refractivity contribution < 1.29 is 24.4 Å². The Morgan fingerprint density at radius 1 is 1.00 bits per heavy atom. The van der Waals surface area contributed by atoms with E-state index in [4.69, 9.17) is 25.8 Å². The minimum atomic E-state index is -0.474. The summed E-state index contributed by atoms with van der Waals surface area (Å²) in [5.41, 5.74) is 3.11. The molecule has 6 nitrogen and oxygen atoms in total. The number of ether oxygens (including phenoxy) is 3.